The van der Waals surface area contributed by atoms with Gasteiger partial charge >= 0.3 is 0 Å². The second kappa shape index (κ2) is 4.55. The summed E-state index contributed by atoms with van der Waals surface area (Å²) in [6, 6.07) is 4.24. The molecule has 5 heteroatoms. The third-order valence-corrected chi connectivity index (χ3v) is 4.50. The molecule has 104 valence electrons. The average Bonchev–Trinajstić information content (AvgIpc) is 3.31. The van der Waals surface area contributed by atoms with E-state index in [9.17, 15) is 0 Å². The molecule has 1 unspecified atom stereocenters. The molecule has 4 rings (SSSR count). The number of rotatable bonds is 4. The highest BCUT2D eigenvalue weighted by Gasteiger charge is 2.37. The Morgan fingerprint density at radius 2 is 2.05 bits per heavy atom. The first-order chi connectivity index (χ1) is 9.72. The molecule has 2 fully saturated rings. The number of aromatic nitrogens is 4. The Labute approximate surface area is 123 Å². The van der Waals surface area contributed by atoms with E-state index in [1.54, 1.807) is 6.33 Å². The van der Waals surface area contributed by atoms with Crippen LogP contribution in [0.5, 0.6) is 0 Å². The van der Waals surface area contributed by atoms with Gasteiger partial charge < -0.3 is 4.57 Å². The van der Waals surface area contributed by atoms with Crippen LogP contribution in [0.15, 0.2) is 18.5 Å². The predicted molar refractivity (Wildman–Crippen MR) is 76.8 cm³/mol. The van der Waals surface area contributed by atoms with Crippen LogP contribution in [0.1, 0.15) is 54.6 Å². The Bertz CT molecular complexity index is 643. The summed E-state index contributed by atoms with van der Waals surface area (Å²) < 4.78 is 2.02. The van der Waals surface area contributed by atoms with E-state index in [-0.39, 0.29) is 0 Å². The standard InChI is InChI=1S/C15H17ClN4/c1-20-8-17-19-15(20)14(10-4-5-10)11-6-12(9-2-3-9)18-13(16)7-11/h6-10,14H,2-5H2,1H3. The normalized spacial score (nSPS) is 20.1. The Balaban J connectivity index is 1.78. The number of halogens is 1. The molecule has 2 aromatic rings. The highest BCUT2D eigenvalue weighted by molar-refractivity contribution is 6.29. The van der Waals surface area contributed by atoms with Gasteiger partial charge in [-0.25, -0.2) is 4.98 Å². The molecule has 20 heavy (non-hydrogen) atoms. The van der Waals surface area contributed by atoms with E-state index in [0.29, 0.717) is 22.9 Å². The molecule has 1 atom stereocenters. The van der Waals surface area contributed by atoms with Crippen LogP contribution in [0.25, 0.3) is 0 Å². The van der Waals surface area contributed by atoms with Crippen LogP contribution in [0.3, 0.4) is 0 Å². The van der Waals surface area contributed by atoms with Crippen molar-refractivity contribution in [3.63, 3.8) is 0 Å². The fraction of sp³-hybridized carbons (Fsp3) is 0.533. The van der Waals surface area contributed by atoms with Gasteiger partial charge in [-0.05, 0) is 49.3 Å². The largest absolute Gasteiger partial charge is 0.320 e. The zero-order chi connectivity index (χ0) is 13.7. The summed E-state index contributed by atoms with van der Waals surface area (Å²) in [6.45, 7) is 0. The van der Waals surface area contributed by atoms with Crippen molar-refractivity contribution in [3.05, 3.63) is 40.7 Å². The Morgan fingerprint density at radius 3 is 2.65 bits per heavy atom. The first-order valence-corrected chi connectivity index (χ1v) is 7.61. The molecule has 0 bridgehead atoms. The van der Waals surface area contributed by atoms with Crippen LogP contribution in [-0.4, -0.2) is 19.7 Å². The molecule has 4 nitrogen and oxygen atoms in total. The van der Waals surface area contributed by atoms with Gasteiger partial charge in [-0.3, -0.25) is 0 Å². The summed E-state index contributed by atoms with van der Waals surface area (Å²) in [5.41, 5.74) is 2.41. The molecular weight excluding hydrogens is 272 g/mol. The fourth-order valence-corrected chi connectivity index (χ4v) is 3.16. The van der Waals surface area contributed by atoms with Crippen molar-refractivity contribution in [1.29, 1.82) is 0 Å². The summed E-state index contributed by atoms with van der Waals surface area (Å²) in [7, 11) is 2.01. The summed E-state index contributed by atoms with van der Waals surface area (Å²) >= 11 is 6.24. The van der Waals surface area contributed by atoms with Gasteiger partial charge in [-0.15, -0.1) is 10.2 Å². The molecular formula is C15H17ClN4. The van der Waals surface area contributed by atoms with Gasteiger partial charge in [0.2, 0.25) is 0 Å². The highest BCUT2D eigenvalue weighted by atomic mass is 35.5. The average molecular weight is 289 g/mol. The second-order valence-electron chi connectivity index (χ2n) is 6.04. The van der Waals surface area contributed by atoms with E-state index >= 15 is 0 Å². The lowest BCUT2D eigenvalue weighted by atomic mass is 9.93. The molecule has 0 saturated heterocycles. The van der Waals surface area contributed by atoms with Crippen LogP contribution in [0.2, 0.25) is 5.15 Å². The topological polar surface area (TPSA) is 43.6 Å². The SMILES string of the molecule is Cn1cnnc1C(c1cc(Cl)nc(C2CC2)c1)C1CC1. The van der Waals surface area contributed by atoms with Gasteiger partial charge in [0, 0.05) is 24.6 Å². The van der Waals surface area contributed by atoms with E-state index in [1.165, 1.54) is 31.2 Å². The summed E-state index contributed by atoms with van der Waals surface area (Å²) in [6.07, 6.45) is 6.78. The van der Waals surface area contributed by atoms with Gasteiger partial charge in [0.05, 0.1) is 0 Å². The van der Waals surface area contributed by atoms with E-state index in [2.05, 4.69) is 21.2 Å². The summed E-state index contributed by atoms with van der Waals surface area (Å²) in [5.74, 6) is 2.63. The third-order valence-electron chi connectivity index (χ3n) is 4.31. The molecule has 0 spiro atoms. The van der Waals surface area contributed by atoms with Gasteiger partial charge in [0.25, 0.3) is 0 Å². The number of aryl methyl sites for hydroxylation is 1. The van der Waals surface area contributed by atoms with Gasteiger partial charge in [-0.1, -0.05) is 11.6 Å². The van der Waals surface area contributed by atoms with E-state index < -0.39 is 0 Å². The van der Waals surface area contributed by atoms with Crippen molar-refractivity contribution in [2.24, 2.45) is 13.0 Å². The van der Waals surface area contributed by atoms with Crippen LogP contribution in [0.4, 0.5) is 0 Å². The maximum atomic E-state index is 6.24. The number of pyridine rings is 1. The molecule has 0 N–H and O–H groups in total. The van der Waals surface area contributed by atoms with Crippen molar-refractivity contribution in [3.8, 4) is 0 Å². The van der Waals surface area contributed by atoms with Gasteiger partial charge in [-0.2, -0.15) is 0 Å². The van der Waals surface area contributed by atoms with Crippen molar-refractivity contribution >= 4 is 11.6 Å². The van der Waals surface area contributed by atoms with E-state index in [1.807, 2.05) is 17.7 Å². The van der Waals surface area contributed by atoms with Gasteiger partial charge in [0.15, 0.2) is 0 Å². The molecule has 2 aromatic heterocycles. The van der Waals surface area contributed by atoms with Crippen LogP contribution in [-0.2, 0) is 7.05 Å². The minimum absolute atomic E-state index is 0.306. The third kappa shape index (κ3) is 2.22. The van der Waals surface area contributed by atoms with E-state index in [4.69, 9.17) is 11.6 Å². The lowest BCUT2D eigenvalue weighted by Crippen LogP contribution is -2.11. The molecule has 0 radical (unpaired) electrons. The quantitative estimate of drug-likeness (QED) is 0.811. The highest BCUT2D eigenvalue weighted by Crippen LogP contribution is 2.47. The molecule has 0 aromatic carbocycles. The van der Waals surface area contributed by atoms with Crippen LogP contribution >= 0.6 is 11.6 Å². The molecule has 0 amide bonds. The van der Waals surface area contributed by atoms with Gasteiger partial charge in [0.1, 0.15) is 17.3 Å². The maximum Gasteiger partial charge on any atom is 0.140 e. The van der Waals surface area contributed by atoms with Crippen molar-refractivity contribution in [2.75, 3.05) is 0 Å². The van der Waals surface area contributed by atoms with E-state index in [0.717, 1.165) is 11.5 Å². The summed E-state index contributed by atoms with van der Waals surface area (Å²) in [4.78, 5) is 4.48. The zero-order valence-corrected chi connectivity index (χ0v) is 12.2. The molecule has 0 aliphatic heterocycles. The minimum atomic E-state index is 0.306. The van der Waals surface area contributed by atoms with Crippen LogP contribution < -0.4 is 0 Å². The first kappa shape index (κ1) is 12.3. The molecule has 2 saturated carbocycles. The van der Waals surface area contributed by atoms with Crippen molar-refractivity contribution < 1.29 is 0 Å². The minimum Gasteiger partial charge on any atom is -0.320 e. The zero-order valence-electron chi connectivity index (χ0n) is 11.5. The number of nitrogens with zero attached hydrogens (tertiary/aromatic N) is 4. The van der Waals surface area contributed by atoms with Crippen molar-refractivity contribution in [1.82, 2.24) is 19.7 Å². The Hall–Kier alpha value is -1.42. The monoisotopic (exact) mass is 288 g/mol. The molecule has 2 aliphatic rings. The number of hydrogen-bond donors (Lipinski definition) is 0. The Morgan fingerprint density at radius 1 is 1.25 bits per heavy atom. The smallest absolute Gasteiger partial charge is 0.140 e. The van der Waals surface area contributed by atoms with Crippen LogP contribution in [0, 0.1) is 5.92 Å². The fourth-order valence-electron chi connectivity index (χ4n) is 2.94. The maximum absolute atomic E-state index is 6.24. The number of hydrogen-bond acceptors (Lipinski definition) is 3. The molecule has 2 aliphatic carbocycles. The lowest BCUT2D eigenvalue weighted by Gasteiger charge is -2.17. The first-order valence-electron chi connectivity index (χ1n) is 7.23. The lowest BCUT2D eigenvalue weighted by molar-refractivity contribution is 0.622. The predicted octanol–water partition coefficient (Wildman–Crippen LogP) is 3.28. The second-order valence-corrected chi connectivity index (χ2v) is 6.42. The molecule has 2 heterocycles. The summed E-state index contributed by atoms with van der Waals surface area (Å²) in [5, 5.41) is 8.97. The Kier molecular flexibility index (Phi) is 2.81. The van der Waals surface area contributed by atoms with Crippen molar-refractivity contribution in [2.45, 2.75) is 37.5 Å².